The first-order valence-electron chi connectivity index (χ1n) is 8.88. The van der Waals surface area contributed by atoms with Crippen LogP contribution in [-0.2, 0) is 11.3 Å². The van der Waals surface area contributed by atoms with Gasteiger partial charge in [-0.2, -0.15) is 0 Å². The average molecular weight is 340 g/mol. The van der Waals surface area contributed by atoms with Crippen LogP contribution >= 0.6 is 0 Å². The van der Waals surface area contributed by atoms with Crippen LogP contribution in [0.4, 0.5) is 0 Å². The van der Waals surface area contributed by atoms with Crippen LogP contribution in [-0.4, -0.2) is 46.2 Å². The second-order valence-corrected chi connectivity index (χ2v) is 6.88. The zero-order valence-electron chi connectivity index (χ0n) is 14.8. The molecule has 25 heavy (non-hydrogen) atoms. The van der Waals surface area contributed by atoms with Crippen molar-refractivity contribution in [2.75, 3.05) is 20.2 Å². The molecule has 0 unspecified atom stereocenters. The molecule has 0 aromatic carbocycles. The Kier molecular flexibility index (Phi) is 4.63. The van der Waals surface area contributed by atoms with Crippen molar-refractivity contribution in [3.63, 3.8) is 0 Å². The van der Waals surface area contributed by atoms with Crippen molar-refractivity contribution >= 4 is 0 Å². The van der Waals surface area contributed by atoms with Crippen LogP contribution in [0.25, 0.3) is 0 Å². The first kappa shape index (κ1) is 16.4. The standard InChI is InChI=1S/C19H24N4O2/c1-13-20-8-5-16(22-13)17-10-14-6-9-23(12-18(14)25-17)11-15-4-3-7-21-19(15)24-2/h3-5,7-8,14,17-18H,6,9-12H2,1-2H3/t14-,17+,18+/m0/s1. The van der Waals surface area contributed by atoms with Gasteiger partial charge in [-0.05, 0) is 44.4 Å². The zero-order valence-corrected chi connectivity index (χ0v) is 14.8. The van der Waals surface area contributed by atoms with Crippen molar-refractivity contribution in [3.8, 4) is 5.88 Å². The summed E-state index contributed by atoms with van der Waals surface area (Å²) in [6, 6.07) is 6.03. The lowest BCUT2D eigenvalue weighted by Crippen LogP contribution is -2.41. The molecule has 2 fully saturated rings. The highest BCUT2D eigenvalue weighted by atomic mass is 16.5. The number of aryl methyl sites for hydroxylation is 1. The Morgan fingerprint density at radius 2 is 2.20 bits per heavy atom. The number of fused-ring (bicyclic) bond motifs is 1. The molecule has 0 spiro atoms. The molecule has 2 aliphatic rings. The maximum atomic E-state index is 6.35. The van der Waals surface area contributed by atoms with E-state index in [1.807, 2.05) is 25.3 Å². The van der Waals surface area contributed by atoms with Crippen LogP contribution in [0.15, 0.2) is 30.6 Å². The number of hydrogen-bond acceptors (Lipinski definition) is 6. The van der Waals surface area contributed by atoms with E-state index in [1.165, 1.54) is 0 Å². The molecule has 6 nitrogen and oxygen atoms in total. The molecular weight excluding hydrogens is 316 g/mol. The van der Waals surface area contributed by atoms with Gasteiger partial charge in [-0.3, -0.25) is 4.90 Å². The number of ether oxygens (including phenoxy) is 2. The summed E-state index contributed by atoms with van der Waals surface area (Å²) >= 11 is 0. The number of pyridine rings is 1. The monoisotopic (exact) mass is 340 g/mol. The van der Waals surface area contributed by atoms with Gasteiger partial charge in [0.05, 0.1) is 18.9 Å². The first-order valence-corrected chi connectivity index (χ1v) is 8.88. The number of hydrogen-bond donors (Lipinski definition) is 0. The Bertz CT molecular complexity index is 739. The fourth-order valence-corrected chi connectivity index (χ4v) is 3.95. The van der Waals surface area contributed by atoms with Crippen LogP contribution in [0.5, 0.6) is 5.88 Å². The van der Waals surface area contributed by atoms with Gasteiger partial charge in [0, 0.05) is 31.0 Å². The highest BCUT2D eigenvalue weighted by Gasteiger charge is 2.40. The Balaban J connectivity index is 1.41. The minimum atomic E-state index is 0.101. The summed E-state index contributed by atoms with van der Waals surface area (Å²) in [5.74, 6) is 2.14. The molecule has 0 N–H and O–H groups in total. The third kappa shape index (κ3) is 3.50. The van der Waals surface area contributed by atoms with E-state index in [0.717, 1.165) is 49.6 Å². The molecule has 0 aliphatic carbocycles. The minimum absolute atomic E-state index is 0.101. The van der Waals surface area contributed by atoms with Crippen LogP contribution in [0.2, 0.25) is 0 Å². The van der Waals surface area contributed by atoms with Gasteiger partial charge in [-0.25, -0.2) is 15.0 Å². The second kappa shape index (κ2) is 7.06. The fourth-order valence-electron chi connectivity index (χ4n) is 3.95. The lowest BCUT2D eigenvalue weighted by molar-refractivity contribution is -0.0108. The lowest BCUT2D eigenvalue weighted by Gasteiger charge is -2.34. The quantitative estimate of drug-likeness (QED) is 0.852. The van der Waals surface area contributed by atoms with Crippen molar-refractivity contribution in [2.24, 2.45) is 5.92 Å². The van der Waals surface area contributed by atoms with Gasteiger partial charge in [0.2, 0.25) is 5.88 Å². The van der Waals surface area contributed by atoms with Crippen molar-refractivity contribution in [3.05, 3.63) is 47.7 Å². The molecule has 132 valence electrons. The smallest absolute Gasteiger partial charge is 0.217 e. The topological polar surface area (TPSA) is 60.4 Å². The number of piperidine rings is 1. The van der Waals surface area contributed by atoms with Gasteiger partial charge in [0.1, 0.15) is 11.9 Å². The van der Waals surface area contributed by atoms with Crippen molar-refractivity contribution < 1.29 is 9.47 Å². The summed E-state index contributed by atoms with van der Waals surface area (Å²) in [6.07, 6.45) is 6.19. The average Bonchev–Trinajstić information content (AvgIpc) is 3.05. The van der Waals surface area contributed by atoms with Crippen molar-refractivity contribution in [1.82, 2.24) is 19.9 Å². The Labute approximate surface area is 148 Å². The molecule has 4 heterocycles. The molecular formula is C19H24N4O2. The summed E-state index contributed by atoms with van der Waals surface area (Å²) in [4.78, 5) is 15.5. The normalized spacial score (nSPS) is 26.4. The van der Waals surface area contributed by atoms with E-state index >= 15 is 0 Å². The van der Waals surface area contributed by atoms with Crippen LogP contribution in [0.3, 0.4) is 0 Å². The molecule has 0 amide bonds. The summed E-state index contributed by atoms with van der Waals surface area (Å²) in [5.41, 5.74) is 2.15. The maximum Gasteiger partial charge on any atom is 0.217 e. The Hall–Kier alpha value is -2.05. The van der Waals surface area contributed by atoms with Crippen LogP contribution in [0.1, 0.15) is 36.0 Å². The molecule has 3 atom stereocenters. The first-order chi connectivity index (χ1) is 12.2. The summed E-state index contributed by atoms with van der Waals surface area (Å²) in [5, 5.41) is 0. The van der Waals surface area contributed by atoms with Gasteiger partial charge in [-0.1, -0.05) is 6.07 Å². The van der Waals surface area contributed by atoms with E-state index in [2.05, 4.69) is 25.9 Å². The van der Waals surface area contributed by atoms with E-state index < -0.39 is 0 Å². The van der Waals surface area contributed by atoms with E-state index in [4.69, 9.17) is 9.47 Å². The molecule has 6 heteroatoms. The molecule has 0 bridgehead atoms. The third-order valence-corrected chi connectivity index (χ3v) is 5.20. The largest absolute Gasteiger partial charge is 0.481 e. The Morgan fingerprint density at radius 3 is 3.04 bits per heavy atom. The molecule has 4 rings (SSSR count). The zero-order chi connectivity index (χ0) is 17.2. The van der Waals surface area contributed by atoms with E-state index in [-0.39, 0.29) is 12.2 Å². The SMILES string of the molecule is COc1ncccc1CN1CC[C@H]2C[C@H](c3ccnc(C)n3)O[C@@H]2C1. The van der Waals surface area contributed by atoms with Gasteiger partial charge < -0.3 is 9.47 Å². The summed E-state index contributed by atoms with van der Waals surface area (Å²) in [7, 11) is 1.67. The Morgan fingerprint density at radius 1 is 1.28 bits per heavy atom. The second-order valence-electron chi connectivity index (χ2n) is 6.88. The summed E-state index contributed by atoms with van der Waals surface area (Å²) in [6.45, 7) is 4.80. The third-order valence-electron chi connectivity index (χ3n) is 5.20. The minimum Gasteiger partial charge on any atom is -0.481 e. The molecule has 2 aliphatic heterocycles. The maximum absolute atomic E-state index is 6.35. The highest BCUT2D eigenvalue weighted by molar-refractivity contribution is 5.25. The molecule has 2 saturated heterocycles. The summed E-state index contributed by atoms with van der Waals surface area (Å²) < 4.78 is 11.7. The van der Waals surface area contributed by atoms with Crippen LogP contribution in [0, 0.1) is 12.8 Å². The number of nitrogens with zero attached hydrogens (tertiary/aromatic N) is 4. The molecule has 2 aromatic rings. The van der Waals surface area contributed by atoms with Crippen LogP contribution < -0.4 is 4.74 Å². The predicted octanol–water partition coefficient (Wildman–Crippen LogP) is 2.54. The lowest BCUT2D eigenvalue weighted by atomic mass is 9.91. The number of likely N-dealkylation sites (tertiary alicyclic amines) is 1. The highest BCUT2D eigenvalue weighted by Crippen LogP contribution is 2.40. The van der Waals surface area contributed by atoms with E-state index in [9.17, 15) is 0 Å². The number of rotatable bonds is 4. The molecule has 2 aromatic heterocycles. The molecule has 0 radical (unpaired) electrons. The fraction of sp³-hybridized carbons (Fsp3) is 0.526. The van der Waals surface area contributed by atoms with E-state index in [0.29, 0.717) is 11.8 Å². The number of aromatic nitrogens is 3. The van der Waals surface area contributed by atoms with Gasteiger partial charge in [-0.15, -0.1) is 0 Å². The van der Waals surface area contributed by atoms with Crippen molar-refractivity contribution in [1.29, 1.82) is 0 Å². The van der Waals surface area contributed by atoms with Gasteiger partial charge in [0.25, 0.3) is 0 Å². The van der Waals surface area contributed by atoms with Gasteiger partial charge in [0.15, 0.2) is 0 Å². The number of methoxy groups -OCH3 is 1. The van der Waals surface area contributed by atoms with E-state index in [1.54, 1.807) is 13.3 Å². The predicted molar refractivity (Wildman–Crippen MR) is 93.2 cm³/mol. The molecule has 0 saturated carbocycles. The van der Waals surface area contributed by atoms with Crippen molar-refractivity contribution in [2.45, 2.75) is 38.5 Å². The van der Waals surface area contributed by atoms with Gasteiger partial charge >= 0.3 is 0 Å².